The van der Waals surface area contributed by atoms with E-state index >= 15 is 0 Å². The summed E-state index contributed by atoms with van der Waals surface area (Å²) in [5.41, 5.74) is 0.320. The highest BCUT2D eigenvalue weighted by atomic mass is 16.6. The molecule has 1 aromatic carbocycles. The molecular formula is C25H33N3O7. The first-order valence-electron chi connectivity index (χ1n) is 11.3. The minimum Gasteiger partial charge on any atom is -0.468 e. The van der Waals surface area contributed by atoms with Gasteiger partial charge in [0, 0.05) is 35.0 Å². The van der Waals surface area contributed by atoms with E-state index in [1.54, 1.807) is 54.5 Å². The van der Waals surface area contributed by atoms with Gasteiger partial charge in [-0.25, -0.2) is 4.79 Å². The van der Waals surface area contributed by atoms with Crippen LogP contribution in [0.25, 0.3) is 0 Å². The lowest BCUT2D eigenvalue weighted by Gasteiger charge is -2.33. The number of nitro benzene ring substituents is 1. The fourth-order valence-electron chi connectivity index (χ4n) is 4.04. The van der Waals surface area contributed by atoms with E-state index in [1.807, 2.05) is 0 Å². The molecule has 0 aliphatic carbocycles. The fourth-order valence-corrected chi connectivity index (χ4v) is 4.04. The van der Waals surface area contributed by atoms with Crippen LogP contribution in [0.15, 0.2) is 40.5 Å². The van der Waals surface area contributed by atoms with Crippen molar-refractivity contribution in [3.63, 3.8) is 0 Å². The van der Waals surface area contributed by atoms with Gasteiger partial charge >= 0.3 is 11.9 Å². The monoisotopic (exact) mass is 487 g/mol. The van der Waals surface area contributed by atoms with E-state index in [0.29, 0.717) is 17.0 Å². The van der Waals surface area contributed by atoms with Crippen LogP contribution in [0.3, 0.4) is 0 Å². The number of nitrogens with one attached hydrogen (secondary N) is 1. The Morgan fingerprint density at radius 3 is 2.31 bits per heavy atom. The summed E-state index contributed by atoms with van der Waals surface area (Å²) in [6.07, 6.45) is 0. The Kier molecular flexibility index (Phi) is 8.54. The second kappa shape index (κ2) is 10.8. The number of non-ortho nitro benzene ring substituents is 1. The van der Waals surface area contributed by atoms with Crippen LogP contribution >= 0.6 is 0 Å². The molecule has 1 heterocycles. The zero-order chi connectivity index (χ0) is 26.7. The van der Waals surface area contributed by atoms with Crippen molar-refractivity contribution in [2.24, 2.45) is 16.8 Å². The summed E-state index contributed by atoms with van der Waals surface area (Å²) >= 11 is 0. The Morgan fingerprint density at radius 2 is 1.80 bits per heavy atom. The summed E-state index contributed by atoms with van der Waals surface area (Å²) < 4.78 is 10.5. The van der Waals surface area contributed by atoms with E-state index in [4.69, 9.17) is 9.47 Å². The molecule has 0 saturated heterocycles. The molecule has 0 bridgehead atoms. The SMILES string of the molecule is COC(=O)C1C(C)=NC(C)=C(C(=O)N[C@@H](C(=O)OC(C)(C)C)C(C)C)[C@H]1c1cccc([N+](=O)[O-])c1. The molecule has 1 aliphatic heterocycles. The average molecular weight is 488 g/mol. The largest absolute Gasteiger partial charge is 0.468 e. The lowest BCUT2D eigenvalue weighted by atomic mass is 9.75. The van der Waals surface area contributed by atoms with Crippen LogP contribution in [-0.4, -0.2) is 47.2 Å². The highest BCUT2D eigenvalue weighted by Crippen LogP contribution is 2.40. The van der Waals surface area contributed by atoms with E-state index < -0.39 is 46.2 Å². The van der Waals surface area contributed by atoms with Crippen molar-refractivity contribution in [1.82, 2.24) is 5.32 Å². The van der Waals surface area contributed by atoms with Crippen molar-refractivity contribution in [3.05, 3.63) is 51.2 Å². The number of nitro groups is 1. The summed E-state index contributed by atoms with van der Waals surface area (Å²) in [5, 5.41) is 14.2. The third-order valence-corrected chi connectivity index (χ3v) is 5.58. The molecule has 3 atom stereocenters. The van der Waals surface area contributed by atoms with Gasteiger partial charge in [-0.3, -0.25) is 24.7 Å². The maximum Gasteiger partial charge on any atom is 0.329 e. The van der Waals surface area contributed by atoms with Crippen molar-refractivity contribution in [2.45, 2.75) is 66.0 Å². The molecule has 190 valence electrons. The predicted molar refractivity (Wildman–Crippen MR) is 130 cm³/mol. The number of methoxy groups -OCH3 is 1. The molecule has 0 saturated carbocycles. The third kappa shape index (κ3) is 6.52. The quantitative estimate of drug-likeness (QED) is 0.352. The van der Waals surface area contributed by atoms with Crippen LogP contribution in [0.4, 0.5) is 5.69 Å². The second-order valence-electron chi connectivity index (χ2n) is 9.81. The van der Waals surface area contributed by atoms with Gasteiger partial charge in [0.25, 0.3) is 5.69 Å². The van der Waals surface area contributed by atoms with Crippen LogP contribution in [0.1, 0.15) is 59.9 Å². The molecule has 1 N–H and O–H groups in total. The Bertz CT molecular complexity index is 1080. The number of rotatable bonds is 7. The fraction of sp³-hybridized carbons (Fsp3) is 0.520. The van der Waals surface area contributed by atoms with Gasteiger partial charge in [0.2, 0.25) is 5.91 Å². The molecule has 10 nitrogen and oxygen atoms in total. The van der Waals surface area contributed by atoms with E-state index in [1.165, 1.54) is 25.3 Å². The first-order valence-corrected chi connectivity index (χ1v) is 11.3. The van der Waals surface area contributed by atoms with Gasteiger partial charge < -0.3 is 14.8 Å². The number of allylic oxidation sites excluding steroid dienone is 1. The summed E-state index contributed by atoms with van der Waals surface area (Å²) in [4.78, 5) is 54.5. The van der Waals surface area contributed by atoms with Gasteiger partial charge in [-0.05, 0) is 46.1 Å². The highest BCUT2D eigenvalue weighted by molar-refractivity contribution is 6.08. The molecule has 0 spiro atoms. The Hall–Kier alpha value is -3.56. The molecule has 10 heteroatoms. The smallest absolute Gasteiger partial charge is 0.329 e. The first-order chi connectivity index (χ1) is 16.2. The number of hydrogen-bond acceptors (Lipinski definition) is 8. The summed E-state index contributed by atoms with van der Waals surface area (Å²) in [6, 6.07) is 4.80. The van der Waals surface area contributed by atoms with E-state index in [2.05, 4.69) is 10.3 Å². The molecule has 1 unspecified atom stereocenters. The van der Waals surface area contributed by atoms with Gasteiger partial charge in [0.15, 0.2) is 0 Å². The maximum atomic E-state index is 13.6. The van der Waals surface area contributed by atoms with E-state index in [9.17, 15) is 24.5 Å². The van der Waals surface area contributed by atoms with Crippen LogP contribution < -0.4 is 5.32 Å². The van der Waals surface area contributed by atoms with Crippen LogP contribution in [-0.2, 0) is 23.9 Å². The molecule has 0 aromatic heterocycles. The standard InChI is InChI=1S/C25H33N3O7/c1-13(2)21(24(31)35-25(5,6)7)27-22(29)18-14(3)26-15(4)19(23(30)34-8)20(18)16-10-9-11-17(12-16)28(32)33/h9-13,19-21H,1-8H3,(H,27,29)/t19?,20-,21-/m1/s1. The molecule has 0 radical (unpaired) electrons. The summed E-state index contributed by atoms with van der Waals surface area (Å²) in [7, 11) is 1.22. The van der Waals surface area contributed by atoms with Crippen LogP contribution in [0, 0.1) is 22.0 Å². The van der Waals surface area contributed by atoms with Gasteiger partial charge in [-0.2, -0.15) is 0 Å². The number of carbonyl (C=O) groups excluding carboxylic acids is 3. The van der Waals surface area contributed by atoms with Crippen molar-refractivity contribution < 1.29 is 28.8 Å². The Labute approximate surface area is 204 Å². The van der Waals surface area contributed by atoms with E-state index in [0.717, 1.165) is 0 Å². The van der Waals surface area contributed by atoms with Crippen molar-refractivity contribution >= 4 is 29.2 Å². The number of ether oxygens (including phenoxy) is 2. The minimum atomic E-state index is -0.981. The number of amides is 1. The molecule has 1 aromatic rings. The Balaban J connectivity index is 2.60. The van der Waals surface area contributed by atoms with E-state index in [-0.39, 0.29) is 17.2 Å². The second-order valence-corrected chi connectivity index (χ2v) is 9.81. The van der Waals surface area contributed by atoms with Gasteiger partial charge in [0.05, 0.1) is 12.0 Å². The topological polar surface area (TPSA) is 137 Å². The zero-order valence-corrected chi connectivity index (χ0v) is 21.4. The third-order valence-electron chi connectivity index (χ3n) is 5.58. The van der Waals surface area contributed by atoms with Crippen molar-refractivity contribution in [2.75, 3.05) is 7.11 Å². The average Bonchev–Trinajstić information content (AvgIpc) is 2.74. The molecular weight excluding hydrogens is 454 g/mol. The van der Waals surface area contributed by atoms with Crippen LogP contribution in [0.2, 0.25) is 0 Å². The molecule has 35 heavy (non-hydrogen) atoms. The molecule has 0 fully saturated rings. The highest BCUT2D eigenvalue weighted by Gasteiger charge is 2.43. The number of carbonyl (C=O) groups is 3. The number of hydrogen-bond donors (Lipinski definition) is 1. The lowest BCUT2D eigenvalue weighted by Crippen LogP contribution is -2.49. The molecule has 1 aliphatic rings. The van der Waals surface area contributed by atoms with Crippen molar-refractivity contribution in [3.8, 4) is 0 Å². The predicted octanol–water partition coefficient (Wildman–Crippen LogP) is 3.70. The minimum absolute atomic E-state index is 0.126. The first kappa shape index (κ1) is 27.7. The van der Waals surface area contributed by atoms with Gasteiger partial charge in [0.1, 0.15) is 17.6 Å². The molecule has 2 rings (SSSR count). The Morgan fingerprint density at radius 1 is 1.17 bits per heavy atom. The summed E-state index contributed by atoms with van der Waals surface area (Å²) in [5.74, 6) is -4.03. The number of benzene rings is 1. The lowest BCUT2D eigenvalue weighted by molar-refractivity contribution is -0.384. The number of esters is 2. The van der Waals surface area contributed by atoms with Crippen molar-refractivity contribution in [1.29, 1.82) is 0 Å². The van der Waals surface area contributed by atoms with Gasteiger partial charge in [-0.1, -0.05) is 26.0 Å². The number of aliphatic imine (C=N–C) groups is 1. The number of nitrogens with zero attached hydrogens (tertiary/aromatic N) is 2. The molecule has 1 amide bonds. The normalized spacial score (nSPS) is 19.1. The zero-order valence-electron chi connectivity index (χ0n) is 21.4. The van der Waals surface area contributed by atoms with Gasteiger partial charge in [-0.15, -0.1) is 0 Å². The maximum absolute atomic E-state index is 13.6. The summed E-state index contributed by atoms with van der Waals surface area (Å²) in [6.45, 7) is 12.0. The van der Waals surface area contributed by atoms with Crippen LogP contribution in [0.5, 0.6) is 0 Å².